The van der Waals surface area contributed by atoms with E-state index >= 15 is 0 Å². The molecular weight excluding hydrogens is 248 g/mol. The maximum absolute atomic E-state index is 13.2. The molecule has 4 heteroatoms. The molecule has 0 radical (unpaired) electrons. The molecule has 0 fully saturated rings. The van der Waals surface area contributed by atoms with Crippen molar-refractivity contribution >= 4 is 0 Å². The smallest absolute Gasteiger partial charge is 0.126 e. The molecule has 2 nitrogen and oxygen atoms in total. The van der Waals surface area contributed by atoms with Crippen molar-refractivity contribution in [3.8, 4) is 5.75 Å². The summed E-state index contributed by atoms with van der Waals surface area (Å²) in [6, 6.07) is 10.1. The van der Waals surface area contributed by atoms with Crippen LogP contribution in [-0.2, 0) is 6.42 Å². The summed E-state index contributed by atoms with van der Waals surface area (Å²) >= 11 is 0. The van der Waals surface area contributed by atoms with Gasteiger partial charge in [-0.3, -0.25) is 0 Å². The Morgan fingerprint density at radius 3 is 2.16 bits per heavy atom. The van der Waals surface area contributed by atoms with E-state index in [1.807, 2.05) is 0 Å². The third-order valence-electron chi connectivity index (χ3n) is 3.01. The van der Waals surface area contributed by atoms with Crippen molar-refractivity contribution in [1.29, 1.82) is 0 Å². The van der Waals surface area contributed by atoms with Gasteiger partial charge in [0, 0.05) is 12.1 Å². The number of hydrogen-bond donors (Lipinski definition) is 2. The zero-order valence-corrected chi connectivity index (χ0v) is 10.5. The van der Waals surface area contributed by atoms with Crippen LogP contribution in [0.3, 0.4) is 0 Å². The Morgan fingerprint density at radius 2 is 1.63 bits per heavy atom. The monoisotopic (exact) mass is 263 g/mol. The first kappa shape index (κ1) is 13.5. The van der Waals surface area contributed by atoms with Crippen LogP contribution >= 0.6 is 0 Å². The number of phenols is 1. The summed E-state index contributed by atoms with van der Waals surface area (Å²) in [7, 11) is 1.74. The van der Waals surface area contributed by atoms with Crippen molar-refractivity contribution in [2.24, 2.45) is 0 Å². The predicted molar refractivity (Wildman–Crippen MR) is 70.0 cm³/mol. The lowest BCUT2D eigenvalue weighted by molar-refractivity contribution is 0.474. The molecule has 100 valence electrons. The van der Waals surface area contributed by atoms with Crippen molar-refractivity contribution in [3.63, 3.8) is 0 Å². The largest absolute Gasteiger partial charge is 0.508 e. The number of halogens is 2. The van der Waals surface area contributed by atoms with Gasteiger partial charge >= 0.3 is 0 Å². The van der Waals surface area contributed by atoms with Crippen LogP contribution in [0.5, 0.6) is 5.75 Å². The van der Waals surface area contributed by atoms with E-state index in [2.05, 4.69) is 5.32 Å². The van der Waals surface area contributed by atoms with Crippen LogP contribution in [-0.4, -0.2) is 12.2 Å². The molecule has 0 saturated heterocycles. The van der Waals surface area contributed by atoms with Crippen molar-refractivity contribution in [1.82, 2.24) is 5.32 Å². The summed E-state index contributed by atoms with van der Waals surface area (Å²) in [5.74, 6) is -0.969. The van der Waals surface area contributed by atoms with Gasteiger partial charge in [-0.2, -0.15) is 0 Å². The van der Waals surface area contributed by atoms with Gasteiger partial charge in [0.15, 0.2) is 0 Å². The van der Waals surface area contributed by atoms with E-state index in [1.165, 1.54) is 12.1 Å². The second kappa shape index (κ2) is 5.80. The highest BCUT2D eigenvalue weighted by molar-refractivity contribution is 5.29. The van der Waals surface area contributed by atoms with Crippen molar-refractivity contribution in [3.05, 3.63) is 65.2 Å². The number of likely N-dealkylation sites (N-methyl/N-ethyl adjacent to an activating group) is 1. The third-order valence-corrected chi connectivity index (χ3v) is 3.01. The molecule has 0 heterocycles. The van der Waals surface area contributed by atoms with E-state index in [9.17, 15) is 13.9 Å². The number of aromatic hydroxyl groups is 1. The standard InChI is InChI=1S/C15H15F2NO/c1-18-15(6-10-2-4-14(19)5-3-10)11-7-12(16)9-13(17)8-11/h2-5,7-9,15,18-19H,6H2,1H3. The summed E-state index contributed by atoms with van der Waals surface area (Å²) in [4.78, 5) is 0. The van der Waals surface area contributed by atoms with Crippen LogP contribution in [0.2, 0.25) is 0 Å². The van der Waals surface area contributed by atoms with Gasteiger partial charge in [-0.15, -0.1) is 0 Å². The minimum atomic E-state index is -0.582. The molecule has 2 aromatic carbocycles. The molecule has 0 aliphatic rings. The summed E-state index contributed by atoms with van der Waals surface area (Å²) < 4.78 is 26.4. The van der Waals surface area contributed by atoms with Crippen LogP contribution in [0.15, 0.2) is 42.5 Å². The number of nitrogens with one attached hydrogen (secondary N) is 1. The molecule has 2 aromatic rings. The van der Waals surface area contributed by atoms with Gasteiger partial charge in [0.1, 0.15) is 17.4 Å². The topological polar surface area (TPSA) is 32.3 Å². The summed E-state index contributed by atoms with van der Waals surface area (Å²) in [5.41, 5.74) is 1.54. The maximum Gasteiger partial charge on any atom is 0.126 e. The Hall–Kier alpha value is -1.94. The molecule has 19 heavy (non-hydrogen) atoms. The first-order valence-corrected chi connectivity index (χ1v) is 5.99. The van der Waals surface area contributed by atoms with Crippen molar-refractivity contribution in [2.45, 2.75) is 12.5 Å². The molecule has 0 saturated carbocycles. The fourth-order valence-corrected chi connectivity index (χ4v) is 2.03. The zero-order chi connectivity index (χ0) is 13.8. The number of rotatable bonds is 4. The van der Waals surface area contributed by atoms with E-state index in [0.717, 1.165) is 11.6 Å². The third kappa shape index (κ3) is 3.51. The van der Waals surface area contributed by atoms with Gasteiger partial charge in [-0.25, -0.2) is 8.78 Å². The highest BCUT2D eigenvalue weighted by Gasteiger charge is 2.12. The molecule has 1 unspecified atom stereocenters. The number of benzene rings is 2. The van der Waals surface area contributed by atoms with Crippen LogP contribution in [0, 0.1) is 11.6 Å². The summed E-state index contributed by atoms with van der Waals surface area (Å²) in [6.45, 7) is 0. The quantitative estimate of drug-likeness (QED) is 0.888. The molecular formula is C15H15F2NO. The van der Waals surface area contributed by atoms with Crippen LogP contribution in [0.25, 0.3) is 0 Å². The molecule has 0 aliphatic carbocycles. The maximum atomic E-state index is 13.2. The van der Waals surface area contributed by atoms with Crippen LogP contribution < -0.4 is 5.32 Å². The van der Waals surface area contributed by atoms with Crippen molar-refractivity contribution < 1.29 is 13.9 Å². The Kier molecular flexibility index (Phi) is 4.12. The first-order valence-electron chi connectivity index (χ1n) is 5.99. The van der Waals surface area contributed by atoms with Crippen molar-refractivity contribution in [2.75, 3.05) is 7.05 Å². The predicted octanol–water partition coefficient (Wildman–Crippen LogP) is 3.17. The lowest BCUT2D eigenvalue weighted by Crippen LogP contribution is -2.19. The summed E-state index contributed by atoms with van der Waals surface area (Å²) in [5, 5.41) is 12.3. The highest BCUT2D eigenvalue weighted by atomic mass is 19.1. The van der Waals surface area contributed by atoms with Gasteiger partial charge in [0.05, 0.1) is 0 Å². The SMILES string of the molecule is CNC(Cc1ccc(O)cc1)c1cc(F)cc(F)c1. The average molecular weight is 263 g/mol. The second-order valence-electron chi connectivity index (χ2n) is 4.41. The molecule has 0 amide bonds. The molecule has 0 aliphatic heterocycles. The average Bonchev–Trinajstić information content (AvgIpc) is 2.37. The second-order valence-corrected chi connectivity index (χ2v) is 4.41. The van der Waals surface area contributed by atoms with Crippen LogP contribution in [0.4, 0.5) is 8.78 Å². The lowest BCUT2D eigenvalue weighted by atomic mass is 9.99. The lowest BCUT2D eigenvalue weighted by Gasteiger charge is -2.17. The highest BCUT2D eigenvalue weighted by Crippen LogP contribution is 2.21. The van der Waals surface area contributed by atoms with E-state index < -0.39 is 11.6 Å². The molecule has 0 spiro atoms. The Balaban J connectivity index is 2.22. The van der Waals surface area contributed by atoms with Gasteiger partial charge in [-0.1, -0.05) is 12.1 Å². The fraction of sp³-hybridized carbons (Fsp3) is 0.200. The van der Waals surface area contributed by atoms with Gasteiger partial charge in [0.25, 0.3) is 0 Å². The molecule has 0 bridgehead atoms. The van der Waals surface area contributed by atoms with E-state index in [-0.39, 0.29) is 11.8 Å². The van der Waals surface area contributed by atoms with E-state index in [0.29, 0.717) is 12.0 Å². The normalized spacial score (nSPS) is 12.4. The minimum absolute atomic E-state index is 0.185. The Labute approximate surface area is 110 Å². The van der Waals surface area contributed by atoms with Gasteiger partial charge in [0.2, 0.25) is 0 Å². The summed E-state index contributed by atoms with van der Waals surface area (Å²) in [6.07, 6.45) is 0.583. The number of phenolic OH excluding ortho intramolecular Hbond substituents is 1. The minimum Gasteiger partial charge on any atom is -0.508 e. The van der Waals surface area contributed by atoms with Gasteiger partial charge < -0.3 is 10.4 Å². The Morgan fingerprint density at radius 1 is 1.05 bits per heavy atom. The number of hydrogen-bond acceptors (Lipinski definition) is 2. The fourth-order valence-electron chi connectivity index (χ4n) is 2.03. The Bertz CT molecular complexity index is 534. The molecule has 0 aromatic heterocycles. The van der Waals surface area contributed by atoms with E-state index in [4.69, 9.17) is 0 Å². The molecule has 2 rings (SSSR count). The molecule has 2 N–H and O–H groups in total. The van der Waals surface area contributed by atoms with E-state index in [1.54, 1.807) is 31.3 Å². The van der Waals surface area contributed by atoms with Crippen LogP contribution in [0.1, 0.15) is 17.2 Å². The molecule has 1 atom stereocenters. The van der Waals surface area contributed by atoms with Gasteiger partial charge in [-0.05, 0) is 48.9 Å². The first-order chi connectivity index (χ1) is 9.08. The zero-order valence-electron chi connectivity index (χ0n) is 10.5.